The lowest BCUT2D eigenvalue weighted by atomic mass is 10.1. The van der Waals surface area contributed by atoms with E-state index in [4.69, 9.17) is 9.63 Å². The zero-order valence-electron chi connectivity index (χ0n) is 13.6. The second-order valence-electron chi connectivity index (χ2n) is 5.71. The monoisotopic (exact) mass is 355 g/mol. The summed E-state index contributed by atoms with van der Waals surface area (Å²) in [6, 6.07) is 9.90. The van der Waals surface area contributed by atoms with Crippen molar-refractivity contribution in [3.8, 4) is 0 Å². The first-order valence-corrected chi connectivity index (χ1v) is 9.21. The molecule has 24 heavy (non-hydrogen) atoms. The second kappa shape index (κ2) is 10.5. The summed E-state index contributed by atoms with van der Waals surface area (Å²) in [5, 5.41) is 3.23. The van der Waals surface area contributed by atoms with Gasteiger partial charge in [-0.15, -0.1) is 9.42 Å². The third-order valence-electron chi connectivity index (χ3n) is 3.97. The quantitative estimate of drug-likeness (QED) is 0.512. The van der Waals surface area contributed by atoms with Crippen LogP contribution >= 0.6 is 8.25 Å². The summed E-state index contributed by atoms with van der Waals surface area (Å²) in [5.74, 6) is -0.249. The highest BCUT2D eigenvalue weighted by atomic mass is 31.1. The van der Waals surface area contributed by atoms with Gasteiger partial charge in [-0.1, -0.05) is 30.3 Å². The summed E-state index contributed by atoms with van der Waals surface area (Å²) in [5.41, 5.74) is 0.978. The third kappa shape index (κ3) is 7.47. The highest BCUT2D eigenvalue weighted by Crippen LogP contribution is 2.15. The maximum Gasteiger partial charge on any atom is 0.694 e. The molecule has 1 saturated heterocycles. The molecule has 0 saturated carbocycles. The number of likely N-dealkylation sites (tertiary alicyclic amines) is 1. The second-order valence-corrected chi connectivity index (χ2v) is 6.45. The van der Waals surface area contributed by atoms with Gasteiger partial charge in [-0.25, -0.2) is 0 Å². The Hall–Kier alpha value is -1.37. The van der Waals surface area contributed by atoms with E-state index in [-0.39, 0.29) is 19.1 Å². The van der Waals surface area contributed by atoms with E-state index in [1.807, 2.05) is 30.3 Å². The average molecular weight is 355 g/mol. The van der Waals surface area contributed by atoms with E-state index in [1.165, 1.54) is 0 Å². The largest absolute Gasteiger partial charge is 0.694 e. The summed E-state index contributed by atoms with van der Waals surface area (Å²) in [7, 11) is -2.51. The smallest absolute Gasteiger partial charge is 0.460 e. The Morgan fingerprint density at radius 3 is 2.67 bits per heavy atom. The van der Waals surface area contributed by atoms with Crippen LogP contribution < -0.4 is 5.32 Å². The van der Waals surface area contributed by atoms with Crippen LogP contribution in [-0.4, -0.2) is 54.6 Å². The van der Waals surface area contributed by atoms with Crippen molar-refractivity contribution >= 4 is 14.2 Å². The lowest BCUT2D eigenvalue weighted by Crippen LogP contribution is -2.44. The first-order chi connectivity index (χ1) is 11.6. The number of benzene rings is 1. The molecule has 2 N–H and O–H groups in total. The molecule has 0 amide bonds. The van der Waals surface area contributed by atoms with Gasteiger partial charge in [0.05, 0.1) is 6.54 Å². The molecule has 0 bridgehead atoms. The number of carbonyl (C=O) groups is 1. The van der Waals surface area contributed by atoms with E-state index >= 15 is 0 Å². The van der Waals surface area contributed by atoms with Crippen LogP contribution in [0.3, 0.4) is 0 Å². The maximum atomic E-state index is 11.8. The molecule has 132 valence electrons. The van der Waals surface area contributed by atoms with Gasteiger partial charge >= 0.3 is 14.2 Å². The van der Waals surface area contributed by atoms with Crippen molar-refractivity contribution in [2.75, 3.05) is 32.8 Å². The van der Waals surface area contributed by atoms with Crippen LogP contribution in [0.5, 0.6) is 0 Å². The van der Waals surface area contributed by atoms with Crippen LogP contribution in [0.1, 0.15) is 18.4 Å². The summed E-state index contributed by atoms with van der Waals surface area (Å²) in [6.07, 6.45) is 1.86. The van der Waals surface area contributed by atoms with Gasteiger partial charge in [0.2, 0.25) is 0 Å². The summed E-state index contributed by atoms with van der Waals surface area (Å²) in [6.45, 7) is 3.17. The normalized spacial score (nSPS) is 16.8. The van der Waals surface area contributed by atoms with Gasteiger partial charge in [0.1, 0.15) is 13.2 Å². The number of ether oxygens (including phenoxy) is 1. The van der Waals surface area contributed by atoms with E-state index < -0.39 is 8.25 Å². The molecule has 1 aromatic rings. The number of hydrogen-bond donors (Lipinski definition) is 2. The Labute approximate surface area is 142 Å². The van der Waals surface area contributed by atoms with E-state index in [2.05, 4.69) is 14.7 Å². The van der Waals surface area contributed by atoms with Crippen LogP contribution in [0, 0.1) is 0 Å². The molecular weight excluding hydrogens is 331 g/mol. The van der Waals surface area contributed by atoms with Gasteiger partial charge in [-0.2, -0.15) is 0 Å². The van der Waals surface area contributed by atoms with Gasteiger partial charge in [0, 0.05) is 17.2 Å². The molecule has 7 nitrogen and oxygen atoms in total. The Morgan fingerprint density at radius 2 is 2.00 bits per heavy atom. The zero-order valence-corrected chi connectivity index (χ0v) is 14.5. The van der Waals surface area contributed by atoms with Crippen LogP contribution in [-0.2, 0) is 25.2 Å². The van der Waals surface area contributed by atoms with Crippen molar-refractivity contribution in [3.05, 3.63) is 35.9 Å². The number of nitrogens with one attached hydrogen (secondary N) is 1. The van der Waals surface area contributed by atoms with Crippen molar-refractivity contribution in [1.82, 2.24) is 10.2 Å². The highest BCUT2D eigenvalue weighted by Gasteiger charge is 2.21. The fourth-order valence-electron chi connectivity index (χ4n) is 2.63. The first kappa shape index (κ1) is 19.0. The molecule has 1 heterocycles. The van der Waals surface area contributed by atoms with E-state index in [0.29, 0.717) is 19.2 Å². The zero-order chi connectivity index (χ0) is 17.2. The molecule has 1 aliphatic rings. The van der Waals surface area contributed by atoms with Gasteiger partial charge in [-0.3, -0.25) is 4.79 Å². The van der Waals surface area contributed by atoms with Gasteiger partial charge in [0.25, 0.3) is 0 Å². The van der Waals surface area contributed by atoms with Crippen molar-refractivity contribution < 1.29 is 23.5 Å². The molecule has 0 spiro atoms. The molecule has 0 aromatic heterocycles. The molecule has 1 unspecified atom stereocenters. The standard InChI is InChI=1S/C16H23N2O5P/c19-16(22-13-14-4-2-1-3-5-14)12-17-15-6-8-18(9-7-15)10-11-23-24(20)21/h1-5,15,17H,6-13H2/p+1. The predicted octanol–water partition coefficient (Wildman–Crippen LogP) is 1.45. The van der Waals surface area contributed by atoms with Gasteiger partial charge < -0.3 is 15.0 Å². The van der Waals surface area contributed by atoms with Crippen molar-refractivity contribution in [2.24, 2.45) is 0 Å². The molecule has 2 rings (SSSR count). The molecule has 8 heteroatoms. The fraction of sp³-hybridized carbons (Fsp3) is 0.562. The SMILES string of the molecule is O=C(CNC1CCN(CCO[P+](=O)O)CC1)OCc1ccccc1. The van der Waals surface area contributed by atoms with Crippen LogP contribution in [0.2, 0.25) is 0 Å². The third-order valence-corrected chi connectivity index (χ3v) is 4.38. The number of hydrogen-bond acceptors (Lipinski definition) is 6. The molecule has 0 aliphatic carbocycles. The summed E-state index contributed by atoms with van der Waals surface area (Å²) < 4.78 is 20.3. The lowest BCUT2D eigenvalue weighted by Gasteiger charge is -2.31. The van der Waals surface area contributed by atoms with Crippen LogP contribution in [0.25, 0.3) is 0 Å². The topological polar surface area (TPSA) is 88.1 Å². The minimum absolute atomic E-state index is 0.214. The number of carbonyl (C=O) groups excluding carboxylic acids is 1. The van der Waals surface area contributed by atoms with Gasteiger partial charge in [0.15, 0.2) is 0 Å². The van der Waals surface area contributed by atoms with Crippen molar-refractivity contribution in [3.63, 3.8) is 0 Å². The number of nitrogens with zero attached hydrogens (tertiary/aromatic N) is 1. The predicted molar refractivity (Wildman–Crippen MR) is 89.5 cm³/mol. The fourth-order valence-corrected chi connectivity index (χ4v) is 2.86. The maximum absolute atomic E-state index is 11.8. The Bertz CT molecular complexity index is 520. The Morgan fingerprint density at radius 1 is 1.29 bits per heavy atom. The van der Waals surface area contributed by atoms with E-state index in [1.54, 1.807) is 0 Å². The Balaban J connectivity index is 1.55. The van der Waals surface area contributed by atoms with E-state index in [0.717, 1.165) is 31.5 Å². The number of rotatable bonds is 9. The Kier molecular flexibility index (Phi) is 8.28. The van der Waals surface area contributed by atoms with E-state index in [9.17, 15) is 9.36 Å². The van der Waals surface area contributed by atoms with Crippen LogP contribution in [0.15, 0.2) is 30.3 Å². The number of esters is 1. The minimum Gasteiger partial charge on any atom is -0.460 e. The molecule has 1 aromatic carbocycles. The van der Waals surface area contributed by atoms with Crippen LogP contribution in [0.4, 0.5) is 0 Å². The first-order valence-electron chi connectivity index (χ1n) is 8.08. The minimum atomic E-state index is -2.51. The molecular formula is C16H24N2O5P+. The lowest BCUT2D eigenvalue weighted by molar-refractivity contribution is -0.144. The van der Waals surface area contributed by atoms with Crippen molar-refractivity contribution in [1.29, 1.82) is 0 Å². The van der Waals surface area contributed by atoms with Gasteiger partial charge in [-0.05, 0) is 31.5 Å². The average Bonchev–Trinajstić information content (AvgIpc) is 2.60. The highest BCUT2D eigenvalue weighted by molar-refractivity contribution is 7.32. The molecule has 1 aliphatic heterocycles. The molecule has 1 fully saturated rings. The molecule has 0 radical (unpaired) electrons. The summed E-state index contributed by atoms with van der Waals surface area (Å²) >= 11 is 0. The summed E-state index contributed by atoms with van der Waals surface area (Å²) in [4.78, 5) is 22.5. The molecule has 1 atom stereocenters. The number of piperidine rings is 1. The van der Waals surface area contributed by atoms with Crippen molar-refractivity contribution in [2.45, 2.75) is 25.5 Å².